The van der Waals surface area contributed by atoms with Crippen LogP contribution in [-0.2, 0) is 20.5 Å². The fourth-order valence-electron chi connectivity index (χ4n) is 5.86. The highest BCUT2D eigenvalue weighted by molar-refractivity contribution is 6.39. The maximum atomic E-state index is 15.5. The van der Waals surface area contributed by atoms with Gasteiger partial charge in [0, 0.05) is 55.5 Å². The molecule has 2 N–H and O–H groups in total. The number of likely N-dealkylation sites (tertiary alicyclic amines) is 1. The monoisotopic (exact) mass is 658 g/mol. The lowest BCUT2D eigenvalue weighted by molar-refractivity contribution is -0.0256. The van der Waals surface area contributed by atoms with E-state index in [9.17, 15) is 19.5 Å². The molecular weight excluding hydrogens is 633 g/mol. The van der Waals surface area contributed by atoms with E-state index in [2.05, 4.69) is 20.3 Å². The zero-order valence-electron chi connectivity index (χ0n) is 24.2. The van der Waals surface area contributed by atoms with Crippen LogP contribution in [-0.4, -0.2) is 61.5 Å². The van der Waals surface area contributed by atoms with Crippen molar-refractivity contribution in [3.8, 4) is 28.3 Å². The number of halogens is 4. The number of carbonyl (C=O) groups is 1. The van der Waals surface area contributed by atoms with Crippen LogP contribution in [0.25, 0.3) is 22.4 Å². The lowest BCUT2D eigenvalue weighted by atomic mass is 9.97. The molecule has 3 heterocycles. The number of hydrogen-bond donors (Lipinski definition) is 2. The zero-order valence-corrected chi connectivity index (χ0v) is 25.7. The number of carbonyl (C=O) groups excluding carboxylic acids is 1. The Hall–Kier alpha value is -4.17. The first-order valence-electron chi connectivity index (χ1n) is 13.8. The first-order chi connectivity index (χ1) is 21.4. The van der Waals surface area contributed by atoms with Crippen LogP contribution in [0.3, 0.4) is 0 Å². The van der Waals surface area contributed by atoms with Gasteiger partial charge in [-0.25, -0.2) is 23.2 Å². The molecule has 6 rings (SSSR count). The van der Waals surface area contributed by atoms with Gasteiger partial charge in [0.25, 0.3) is 11.5 Å². The van der Waals surface area contributed by atoms with Gasteiger partial charge in [0.1, 0.15) is 11.6 Å². The summed E-state index contributed by atoms with van der Waals surface area (Å²) >= 11 is 13.3. The molecule has 45 heavy (non-hydrogen) atoms. The number of methoxy groups -OCH3 is 1. The fraction of sp³-hybridized carbons (Fsp3) is 0.300. The second kappa shape index (κ2) is 11.6. The number of β-amino-alcohol motifs (C(OH)–C–C–N with tert-alkyl or cyclic N) is 1. The third kappa shape index (κ3) is 5.19. The average molecular weight is 659 g/mol. The summed E-state index contributed by atoms with van der Waals surface area (Å²) in [5.41, 5.74) is -0.699. The van der Waals surface area contributed by atoms with Gasteiger partial charge in [-0.15, -0.1) is 0 Å². The van der Waals surface area contributed by atoms with Crippen molar-refractivity contribution >= 4 is 34.8 Å². The van der Waals surface area contributed by atoms with Crippen molar-refractivity contribution in [3.05, 3.63) is 89.7 Å². The minimum absolute atomic E-state index is 0.0427. The summed E-state index contributed by atoms with van der Waals surface area (Å²) in [6.45, 7) is 1.12. The molecule has 0 spiro atoms. The van der Waals surface area contributed by atoms with Crippen molar-refractivity contribution < 1.29 is 23.4 Å². The summed E-state index contributed by atoms with van der Waals surface area (Å²) in [6.07, 6.45) is 1.17. The number of fused-ring (bicyclic) bond motifs is 1. The molecule has 2 aliphatic rings. The Labute approximate surface area is 264 Å². The number of pyridine rings is 1. The average Bonchev–Trinajstić information content (AvgIpc) is 3.42. The van der Waals surface area contributed by atoms with Gasteiger partial charge in [-0.05, 0) is 48.7 Å². The Morgan fingerprint density at radius 1 is 1.07 bits per heavy atom. The normalized spacial score (nSPS) is 16.4. The van der Waals surface area contributed by atoms with Gasteiger partial charge in [-0.1, -0.05) is 23.2 Å². The Morgan fingerprint density at radius 3 is 2.40 bits per heavy atom. The Morgan fingerprint density at radius 2 is 1.73 bits per heavy atom. The molecule has 1 aliphatic carbocycles. The number of ether oxygens (including phenoxy) is 1. The van der Waals surface area contributed by atoms with Crippen LogP contribution in [0.1, 0.15) is 34.1 Å². The van der Waals surface area contributed by atoms with Gasteiger partial charge < -0.3 is 15.2 Å². The van der Waals surface area contributed by atoms with Gasteiger partial charge in [0.15, 0.2) is 0 Å². The zero-order chi connectivity index (χ0) is 32.3. The van der Waals surface area contributed by atoms with Gasteiger partial charge in [-0.3, -0.25) is 19.1 Å². The van der Waals surface area contributed by atoms with Crippen LogP contribution in [0.4, 0.5) is 14.5 Å². The van der Waals surface area contributed by atoms with Crippen LogP contribution in [0.2, 0.25) is 10.0 Å². The summed E-state index contributed by atoms with van der Waals surface area (Å²) in [6, 6.07) is 6.53. The largest absolute Gasteiger partial charge is 0.481 e. The molecular formula is C30H26Cl2F2N6O5. The maximum absolute atomic E-state index is 15.5. The van der Waals surface area contributed by atoms with E-state index in [4.69, 9.17) is 27.9 Å². The number of aryl methyl sites for hydroxylation is 2. The Balaban J connectivity index is 1.40. The predicted molar refractivity (Wildman–Crippen MR) is 163 cm³/mol. The second-order valence-electron chi connectivity index (χ2n) is 10.9. The third-order valence-electron chi connectivity index (χ3n) is 8.15. The molecule has 4 aromatic rings. The Kier molecular flexibility index (Phi) is 7.98. The number of amides is 1. The quantitative estimate of drug-likeness (QED) is 0.321. The van der Waals surface area contributed by atoms with E-state index >= 15 is 8.78 Å². The van der Waals surface area contributed by atoms with Gasteiger partial charge >= 0.3 is 5.69 Å². The minimum atomic E-state index is -1.02. The van der Waals surface area contributed by atoms with Crippen molar-refractivity contribution in [2.24, 2.45) is 14.1 Å². The van der Waals surface area contributed by atoms with E-state index in [1.165, 1.54) is 27.3 Å². The van der Waals surface area contributed by atoms with Crippen LogP contribution < -0.4 is 21.3 Å². The molecule has 2 aromatic heterocycles. The fourth-order valence-corrected chi connectivity index (χ4v) is 6.50. The van der Waals surface area contributed by atoms with Crippen molar-refractivity contribution in [2.45, 2.75) is 25.0 Å². The van der Waals surface area contributed by atoms with Crippen LogP contribution in [0.5, 0.6) is 5.88 Å². The van der Waals surface area contributed by atoms with E-state index in [0.29, 0.717) is 34.8 Å². The number of nitrogens with zero attached hydrogens (tertiary/aromatic N) is 5. The summed E-state index contributed by atoms with van der Waals surface area (Å²) in [4.78, 5) is 44.3. The molecule has 0 bridgehead atoms. The molecule has 1 fully saturated rings. The number of rotatable bonds is 6. The number of anilines is 1. The number of nitrogens with one attached hydrogen (secondary N) is 1. The van der Waals surface area contributed by atoms with Crippen molar-refractivity contribution in [1.82, 2.24) is 24.2 Å². The molecule has 0 unspecified atom stereocenters. The molecule has 11 nitrogen and oxygen atoms in total. The molecule has 0 radical (unpaired) electrons. The molecule has 0 saturated carbocycles. The van der Waals surface area contributed by atoms with Crippen LogP contribution >= 0.6 is 23.2 Å². The van der Waals surface area contributed by atoms with Gasteiger partial charge in [-0.2, -0.15) is 5.10 Å². The van der Waals surface area contributed by atoms with E-state index in [1.807, 2.05) is 6.07 Å². The van der Waals surface area contributed by atoms with Crippen molar-refractivity contribution in [3.63, 3.8) is 0 Å². The summed E-state index contributed by atoms with van der Waals surface area (Å²) in [5.74, 6) is -2.45. The van der Waals surface area contributed by atoms with Crippen LogP contribution in [0, 0.1) is 11.6 Å². The van der Waals surface area contributed by atoms with Gasteiger partial charge in [0.05, 0.1) is 34.6 Å². The Bertz CT molecular complexity index is 2010. The standard InChI is InChI=1S/C30H26Cl2F2N6O5/c1-38-29(43)26(37-39(2)30(38)44)27(42)35-18-8-7-17(34)23(25(18)32)22-16(33)6-5-15(24(22)31)19-10-13-4-9-20(40-11-14(41)12-40)21(13)28(36-19)45-3/h5-8,10,14,20,41H,4,9,11-12H2,1-3H3,(H,35,42)/t20-/m0/s1. The molecule has 1 amide bonds. The predicted octanol–water partition coefficient (Wildman–Crippen LogP) is 3.72. The van der Waals surface area contributed by atoms with Crippen LogP contribution in [0.15, 0.2) is 39.9 Å². The first kappa shape index (κ1) is 30.8. The van der Waals surface area contributed by atoms with E-state index < -0.39 is 40.0 Å². The molecule has 2 aromatic carbocycles. The van der Waals surface area contributed by atoms with E-state index in [1.54, 1.807) is 0 Å². The highest BCUT2D eigenvalue weighted by Gasteiger charge is 2.38. The SMILES string of the molecule is COc1nc(-c2ccc(F)c(-c3c(F)ccc(NC(=O)c4nn(C)c(=O)n(C)c4=O)c3Cl)c2Cl)cc2c1[C@@H](N1CC(O)C1)CC2. The van der Waals surface area contributed by atoms with Gasteiger partial charge in [0.2, 0.25) is 11.6 Å². The molecule has 1 aliphatic heterocycles. The summed E-state index contributed by atoms with van der Waals surface area (Å²) in [7, 11) is 3.95. The number of aliphatic hydroxyl groups excluding tert-OH is 1. The number of aliphatic hydroxyl groups is 1. The number of hydrogen-bond acceptors (Lipinski definition) is 8. The lowest BCUT2D eigenvalue weighted by Crippen LogP contribution is -2.51. The second-order valence-corrected chi connectivity index (χ2v) is 11.6. The topological polar surface area (TPSA) is 132 Å². The summed E-state index contributed by atoms with van der Waals surface area (Å²) in [5, 5.41) is 15.3. The van der Waals surface area contributed by atoms with Crippen molar-refractivity contribution in [2.75, 3.05) is 25.5 Å². The van der Waals surface area contributed by atoms with E-state index in [-0.39, 0.29) is 33.4 Å². The maximum Gasteiger partial charge on any atom is 0.346 e. The highest BCUT2D eigenvalue weighted by atomic mass is 35.5. The van der Waals surface area contributed by atoms with Crippen molar-refractivity contribution in [1.29, 1.82) is 0 Å². The third-order valence-corrected chi connectivity index (χ3v) is 8.93. The number of benzene rings is 2. The highest BCUT2D eigenvalue weighted by Crippen LogP contribution is 2.47. The first-order valence-corrected chi connectivity index (χ1v) is 14.6. The smallest absolute Gasteiger partial charge is 0.346 e. The van der Waals surface area contributed by atoms with E-state index in [0.717, 1.165) is 46.8 Å². The molecule has 15 heteroatoms. The molecule has 1 atom stereocenters. The molecule has 234 valence electrons. The molecule has 1 saturated heterocycles. The summed E-state index contributed by atoms with van der Waals surface area (Å²) < 4.78 is 38.0. The number of aromatic nitrogens is 4. The minimum Gasteiger partial charge on any atom is -0.481 e. The lowest BCUT2D eigenvalue weighted by Gasteiger charge is -2.40.